The minimum absolute atomic E-state index is 0.0454. The van der Waals surface area contributed by atoms with Crippen LogP contribution in [0.3, 0.4) is 0 Å². The number of rotatable bonds is 4. The Morgan fingerprint density at radius 3 is 2.32 bits per heavy atom. The van der Waals surface area contributed by atoms with E-state index in [1.165, 1.54) is 12.1 Å². The predicted molar refractivity (Wildman–Crippen MR) is 66.8 cm³/mol. The van der Waals surface area contributed by atoms with Crippen molar-refractivity contribution < 1.29 is 19.4 Å². The van der Waals surface area contributed by atoms with Crippen molar-refractivity contribution in [3.8, 4) is 0 Å². The molecule has 5 heteroatoms. The van der Waals surface area contributed by atoms with Crippen LogP contribution in [0.1, 0.15) is 26.3 Å². The van der Waals surface area contributed by atoms with Gasteiger partial charge in [0, 0.05) is 12.4 Å². The van der Waals surface area contributed by atoms with Crippen molar-refractivity contribution in [1.29, 1.82) is 0 Å². The lowest BCUT2D eigenvalue weighted by Crippen LogP contribution is -2.11. The molecule has 96 valence electrons. The first kappa shape index (κ1) is 12.8. The van der Waals surface area contributed by atoms with E-state index >= 15 is 0 Å². The van der Waals surface area contributed by atoms with Crippen LogP contribution >= 0.6 is 0 Å². The summed E-state index contributed by atoms with van der Waals surface area (Å²) in [5.41, 5.74) is 0.766. The Labute approximate surface area is 109 Å². The molecule has 0 spiro atoms. The summed E-state index contributed by atoms with van der Waals surface area (Å²) in [5, 5.41) is 8.98. The summed E-state index contributed by atoms with van der Waals surface area (Å²) in [6.45, 7) is 0.0787. The molecule has 0 amide bonds. The Morgan fingerprint density at radius 1 is 1.05 bits per heavy atom. The SMILES string of the molecule is O=C(O)c1ccccc1C(=O)OCc1ccncc1. The zero-order chi connectivity index (χ0) is 13.7. The molecule has 0 aliphatic rings. The number of ether oxygens (including phenoxy) is 1. The van der Waals surface area contributed by atoms with E-state index in [1.54, 1.807) is 36.7 Å². The lowest BCUT2D eigenvalue weighted by Gasteiger charge is -2.06. The van der Waals surface area contributed by atoms with Gasteiger partial charge in [0.25, 0.3) is 0 Å². The fourth-order valence-electron chi connectivity index (χ4n) is 1.55. The number of hydrogen-bond acceptors (Lipinski definition) is 4. The van der Waals surface area contributed by atoms with Gasteiger partial charge in [0.1, 0.15) is 6.61 Å². The van der Waals surface area contributed by atoms with Gasteiger partial charge in [-0.15, -0.1) is 0 Å². The average Bonchev–Trinajstić information content (AvgIpc) is 2.46. The van der Waals surface area contributed by atoms with Crippen molar-refractivity contribution in [2.45, 2.75) is 6.61 Å². The molecule has 0 unspecified atom stereocenters. The van der Waals surface area contributed by atoms with E-state index < -0.39 is 11.9 Å². The highest BCUT2D eigenvalue weighted by Gasteiger charge is 2.16. The molecular formula is C14H11NO4. The molecule has 1 heterocycles. The van der Waals surface area contributed by atoms with E-state index in [0.717, 1.165) is 5.56 Å². The van der Waals surface area contributed by atoms with Crippen LogP contribution in [-0.4, -0.2) is 22.0 Å². The van der Waals surface area contributed by atoms with Crippen LogP contribution in [0.4, 0.5) is 0 Å². The van der Waals surface area contributed by atoms with Gasteiger partial charge < -0.3 is 9.84 Å². The minimum atomic E-state index is -1.16. The summed E-state index contributed by atoms with van der Waals surface area (Å²) in [6.07, 6.45) is 3.18. The first-order chi connectivity index (χ1) is 9.18. The van der Waals surface area contributed by atoms with E-state index in [1.807, 2.05) is 0 Å². The molecule has 0 aliphatic carbocycles. The van der Waals surface area contributed by atoms with Gasteiger partial charge in [0.2, 0.25) is 0 Å². The number of carboxylic acids is 1. The number of aromatic nitrogens is 1. The van der Waals surface area contributed by atoms with E-state index in [2.05, 4.69) is 4.98 Å². The Morgan fingerprint density at radius 2 is 1.68 bits per heavy atom. The van der Waals surface area contributed by atoms with Crippen molar-refractivity contribution in [2.75, 3.05) is 0 Å². The summed E-state index contributed by atoms with van der Waals surface area (Å²) in [6, 6.07) is 9.38. The third-order valence-corrected chi connectivity index (χ3v) is 2.50. The molecule has 0 atom stereocenters. The van der Waals surface area contributed by atoms with E-state index in [-0.39, 0.29) is 17.7 Å². The van der Waals surface area contributed by atoms with Gasteiger partial charge in [-0.1, -0.05) is 12.1 Å². The molecule has 0 radical (unpaired) electrons. The van der Waals surface area contributed by atoms with Crippen LogP contribution in [0.2, 0.25) is 0 Å². The smallest absolute Gasteiger partial charge is 0.339 e. The lowest BCUT2D eigenvalue weighted by molar-refractivity contribution is 0.0463. The highest BCUT2D eigenvalue weighted by molar-refractivity contribution is 6.02. The number of carbonyl (C=O) groups excluding carboxylic acids is 1. The van der Waals surface area contributed by atoms with Crippen molar-refractivity contribution in [2.24, 2.45) is 0 Å². The van der Waals surface area contributed by atoms with E-state index in [9.17, 15) is 9.59 Å². The van der Waals surface area contributed by atoms with Gasteiger partial charge in [-0.3, -0.25) is 4.98 Å². The van der Waals surface area contributed by atoms with Crippen LogP contribution in [0.25, 0.3) is 0 Å². The molecule has 1 aromatic heterocycles. The van der Waals surface area contributed by atoms with Crippen LogP contribution in [0.5, 0.6) is 0 Å². The molecule has 1 N–H and O–H groups in total. The quantitative estimate of drug-likeness (QED) is 0.849. The third-order valence-electron chi connectivity index (χ3n) is 2.50. The highest BCUT2D eigenvalue weighted by Crippen LogP contribution is 2.11. The summed E-state index contributed by atoms with van der Waals surface area (Å²) in [4.78, 5) is 26.7. The fourth-order valence-corrected chi connectivity index (χ4v) is 1.55. The molecule has 0 fully saturated rings. The molecule has 5 nitrogen and oxygen atoms in total. The number of benzene rings is 1. The second-order valence-corrected chi connectivity index (χ2v) is 3.78. The molecule has 0 saturated heterocycles. The van der Waals surface area contributed by atoms with Gasteiger partial charge in [0.05, 0.1) is 11.1 Å². The largest absolute Gasteiger partial charge is 0.478 e. The zero-order valence-corrected chi connectivity index (χ0v) is 9.95. The molecule has 1 aromatic carbocycles. The number of nitrogens with zero attached hydrogens (tertiary/aromatic N) is 1. The van der Waals surface area contributed by atoms with Crippen molar-refractivity contribution in [1.82, 2.24) is 4.98 Å². The Bertz CT molecular complexity index is 595. The molecule has 0 aliphatic heterocycles. The van der Waals surface area contributed by atoms with Crippen molar-refractivity contribution in [3.63, 3.8) is 0 Å². The van der Waals surface area contributed by atoms with Crippen LogP contribution in [0.15, 0.2) is 48.8 Å². The zero-order valence-electron chi connectivity index (χ0n) is 9.95. The lowest BCUT2D eigenvalue weighted by atomic mass is 10.1. The molecule has 2 rings (SSSR count). The standard InChI is InChI=1S/C14H11NO4/c16-13(17)11-3-1-2-4-12(11)14(18)19-9-10-5-7-15-8-6-10/h1-8H,9H2,(H,16,17). The number of carbonyl (C=O) groups is 2. The number of aromatic carboxylic acids is 1. The van der Waals surface area contributed by atoms with Gasteiger partial charge in [-0.05, 0) is 29.8 Å². The summed E-state index contributed by atoms with van der Waals surface area (Å²) in [5.74, 6) is -1.81. The Balaban J connectivity index is 2.10. The summed E-state index contributed by atoms with van der Waals surface area (Å²) >= 11 is 0. The normalized spacial score (nSPS) is 9.89. The van der Waals surface area contributed by atoms with Gasteiger partial charge in [-0.2, -0.15) is 0 Å². The summed E-state index contributed by atoms with van der Waals surface area (Å²) < 4.78 is 5.07. The first-order valence-electron chi connectivity index (χ1n) is 5.57. The maximum atomic E-state index is 11.8. The number of pyridine rings is 1. The van der Waals surface area contributed by atoms with Crippen molar-refractivity contribution in [3.05, 3.63) is 65.5 Å². The van der Waals surface area contributed by atoms with Crippen molar-refractivity contribution >= 4 is 11.9 Å². The highest BCUT2D eigenvalue weighted by atomic mass is 16.5. The van der Waals surface area contributed by atoms with Gasteiger partial charge in [0.15, 0.2) is 0 Å². The van der Waals surface area contributed by atoms with Crippen LogP contribution < -0.4 is 0 Å². The Hall–Kier alpha value is -2.69. The first-order valence-corrected chi connectivity index (χ1v) is 5.57. The van der Waals surface area contributed by atoms with Gasteiger partial charge in [-0.25, -0.2) is 9.59 Å². The maximum absolute atomic E-state index is 11.8. The van der Waals surface area contributed by atoms with Crippen LogP contribution in [0, 0.1) is 0 Å². The molecule has 0 bridgehead atoms. The maximum Gasteiger partial charge on any atom is 0.339 e. The number of esters is 1. The number of hydrogen-bond donors (Lipinski definition) is 1. The molecule has 2 aromatic rings. The fraction of sp³-hybridized carbons (Fsp3) is 0.0714. The van der Waals surface area contributed by atoms with E-state index in [4.69, 9.17) is 9.84 Å². The number of carboxylic acid groups (broad SMARTS) is 1. The Kier molecular flexibility index (Phi) is 3.87. The van der Waals surface area contributed by atoms with E-state index in [0.29, 0.717) is 0 Å². The van der Waals surface area contributed by atoms with Crippen LogP contribution in [-0.2, 0) is 11.3 Å². The third kappa shape index (κ3) is 3.16. The monoisotopic (exact) mass is 257 g/mol. The molecule has 19 heavy (non-hydrogen) atoms. The minimum Gasteiger partial charge on any atom is -0.478 e. The average molecular weight is 257 g/mol. The molecule has 0 saturated carbocycles. The second kappa shape index (κ2) is 5.77. The second-order valence-electron chi connectivity index (χ2n) is 3.78. The summed E-state index contributed by atoms with van der Waals surface area (Å²) in [7, 11) is 0. The molecular weight excluding hydrogens is 246 g/mol. The predicted octanol–water partition coefficient (Wildman–Crippen LogP) is 2.14. The topological polar surface area (TPSA) is 76.5 Å². The van der Waals surface area contributed by atoms with Gasteiger partial charge >= 0.3 is 11.9 Å².